The molecule has 0 fully saturated rings. The average molecular weight is 295 g/mol. The number of nitrogens with zero attached hydrogens (tertiary/aromatic N) is 3. The Morgan fingerprint density at radius 3 is 2.65 bits per heavy atom. The van der Waals surface area contributed by atoms with Crippen LogP contribution in [-0.4, -0.2) is 21.0 Å². The van der Waals surface area contributed by atoms with Gasteiger partial charge in [0.1, 0.15) is 11.0 Å². The molecule has 0 bridgehead atoms. The van der Waals surface area contributed by atoms with Crippen LogP contribution in [0.15, 0.2) is 30.5 Å². The highest BCUT2D eigenvalue weighted by molar-refractivity contribution is 6.29. The molecule has 1 N–H and O–H groups in total. The zero-order chi connectivity index (χ0) is 14.5. The van der Waals surface area contributed by atoms with Crippen molar-refractivity contribution >= 4 is 17.3 Å². The van der Waals surface area contributed by atoms with E-state index in [1.165, 1.54) is 12.1 Å². The molecule has 0 aliphatic rings. The molecule has 20 heavy (non-hydrogen) atoms. The number of hydrogen-bond donors (Lipinski definition) is 1. The summed E-state index contributed by atoms with van der Waals surface area (Å²) < 4.78 is 1.82. The van der Waals surface area contributed by atoms with Crippen LogP contribution in [0.25, 0.3) is 0 Å². The van der Waals surface area contributed by atoms with E-state index in [1.807, 2.05) is 11.6 Å². The lowest BCUT2D eigenvalue weighted by atomic mass is 10.1. The largest absolute Gasteiger partial charge is 0.321 e. The topological polar surface area (TPSA) is 73.0 Å². The van der Waals surface area contributed by atoms with Crippen LogP contribution in [-0.2, 0) is 20.0 Å². The number of non-ortho nitro benzene ring substituents is 1. The molecule has 0 radical (unpaired) electrons. The molecule has 0 saturated carbocycles. The molecule has 0 aliphatic carbocycles. The van der Waals surface area contributed by atoms with E-state index in [-0.39, 0.29) is 5.69 Å². The first kappa shape index (κ1) is 14.5. The number of benzene rings is 1. The van der Waals surface area contributed by atoms with Crippen molar-refractivity contribution in [3.05, 3.63) is 57.1 Å². The maximum absolute atomic E-state index is 10.5. The number of hydrogen-bond acceptors (Lipinski definition) is 4. The third kappa shape index (κ3) is 3.55. The number of nitrogens with one attached hydrogen (secondary N) is 1. The SMILES string of the molecule is Cn1c(Cl)cnc1CNCCc1ccc([N+](=O)[O-])cc1. The predicted molar refractivity (Wildman–Crippen MR) is 76.7 cm³/mol. The highest BCUT2D eigenvalue weighted by Crippen LogP contribution is 2.12. The van der Waals surface area contributed by atoms with E-state index in [4.69, 9.17) is 11.6 Å². The minimum absolute atomic E-state index is 0.115. The van der Waals surface area contributed by atoms with Crippen molar-refractivity contribution < 1.29 is 4.92 Å². The molecule has 0 spiro atoms. The number of nitro groups is 1. The normalized spacial score (nSPS) is 10.7. The molecule has 2 rings (SSSR count). The molecular weight excluding hydrogens is 280 g/mol. The molecule has 1 aromatic heterocycles. The molecule has 1 aromatic carbocycles. The van der Waals surface area contributed by atoms with E-state index in [2.05, 4.69) is 10.3 Å². The fourth-order valence-electron chi connectivity index (χ4n) is 1.81. The molecule has 2 aromatic rings. The van der Waals surface area contributed by atoms with Gasteiger partial charge in [0.05, 0.1) is 17.7 Å². The second-order valence-electron chi connectivity index (χ2n) is 4.41. The highest BCUT2D eigenvalue weighted by atomic mass is 35.5. The maximum Gasteiger partial charge on any atom is 0.269 e. The van der Waals surface area contributed by atoms with Gasteiger partial charge in [-0.3, -0.25) is 10.1 Å². The first-order valence-electron chi connectivity index (χ1n) is 6.18. The fraction of sp³-hybridized carbons (Fsp3) is 0.308. The third-order valence-corrected chi connectivity index (χ3v) is 3.40. The zero-order valence-corrected chi connectivity index (χ0v) is 11.8. The van der Waals surface area contributed by atoms with Gasteiger partial charge in [0.2, 0.25) is 0 Å². The lowest BCUT2D eigenvalue weighted by Crippen LogP contribution is -2.19. The van der Waals surface area contributed by atoms with Crippen LogP contribution in [0.2, 0.25) is 5.15 Å². The smallest absolute Gasteiger partial charge is 0.269 e. The van der Waals surface area contributed by atoms with Crippen LogP contribution in [0.1, 0.15) is 11.4 Å². The van der Waals surface area contributed by atoms with Crippen LogP contribution in [0, 0.1) is 10.1 Å². The van der Waals surface area contributed by atoms with Crippen molar-refractivity contribution in [3.8, 4) is 0 Å². The Balaban J connectivity index is 1.78. The van der Waals surface area contributed by atoms with E-state index < -0.39 is 4.92 Å². The van der Waals surface area contributed by atoms with Gasteiger partial charge in [-0.2, -0.15) is 0 Å². The summed E-state index contributed by atoms with van der Waals surface area (Å²) in [4.78, 5) is 14.3. The molecule has 1 heterocycles. The van der Waals surface area contributed by atoms with Gasteiger partial charge in [0.15, 0.2) is 0 Å². The number of nitro benzene ring substituents is 1. The van der Waals surface area contributed by atoms with Crippen molar-refractivity contribution in [3.63, 3.8) is 0 Å². The second-order valence-corrected chi connectivity index (χ2v) is 4.79. The summed E-state index contributed by atoms with van der Waals surface area (Å²) in [5, 5.41) is 14.4. The van der Waals surface area contributed by atoms with Crippen LogP contribution in [0.5, 0.6) is 0 Å². The lowest BCUT2D eigenvalue weighted by molar-refractivity contribution is -0.384. The van der Waals surface area contributed by atoms with E-state index >= 15 is 0 Å². The summed E-state index contributed by atoms with van der Waals surface area (Å²) in [6, 6.07) is 6.59. The van der Waals surface area contributed by atoms with Gasteiger partial charge in [-0.15, -0.1) is 0 Å². The van der Waals surface area contributed by atoms with Crippen LogP contribution < -0.4 is 5.32 Å². The number of halogens is 1. The molecule has 106 valence electrons. The van der Waals surface area contributed by atoms with Crippen molar-refractivity contribution in [2.75, 3.05) is 6.54 Å². The molecule has 0 atom stereocenters. The monoisotopic (exact) mass is 294 g/mol. The number of rotatable bonds is 6. The van der Waals surface area contributed by atoms with Crippen LogP contribution in [0.3, 0.4) is 0 Å². The summed E-state index contributed by atoms with van der Waals surface area (Å²) >= 11 is 5.90. The molecule has 7 heteroatoms. The van der Waals surface area contributed by atoms with Crippen molar-refractivity contribution in [2.45, 2.75) is 13.0 Å². The first-order valence-corrected chi connectivity index (χ1v) is 6.56. The van der Waals surface area contributed by atoms with Gasteiger partial charge < -0.3 is 9.88 Å². The van der Waals surface area contributed by atoms with Crippen molar-refractivity contribution in [2.24, 2.45) is 7.05 Å². The molecule has 0 amide bonds. The minimum atomic E-state index is -0.396. The third-order valence-electron chi connectivity index (χ3n) is 3.05. The van der Waals surface area contributed by atoms with E-state index in [9.17, 15) is 10.1 Å². The summed E-state index contributed by atoms with van der Waals surface area (Å²) in [6.45, 7) is 1.40. The van der Waals surface area contributed by atoms with E-state index in [0.29, 0.717) is 11.7 Å². The Morgan fingerprint density at radius 1 is 1.40 bits per heavy atom. The van der Waals surface area contributed by atoms with E-state index in [0.717, 1.165) is 24.4 Å². The average Bonchev–Trinajstić information content (AvgIpc) is 2.76. The zero-order valence-electron chi connectivity index (χ0n) is 11.0. The number of aromatic nitrogens is 2. The van der Waals surface area contributed by atoms with Gasteiger partial charge >= 0.3 is 0 Å². The molecule has 0 saturated heterocycles. The second kappa shape index (κ2) is 6.49. The first-order chi connectivity index (χ1) is 9.58. The van der Waals surface area contributed by atoms with Crippen molar-refractivity contribution in [1.82, 2.24) is 14.9 Å². The standard InChI is InChI=1S/C13H15ClN4O2/c1-17-12(14)8-16-13(17)9-15-7-6-10-2-4-11(5-3-10)18(19)20/h2-5,8,15H,6-7,9H2,1H3. The van der Waals surface area contributed by atoms with Gasteiger partial charge in [-0.05, 0) is 18.5 Å². The summed E-state index contributed by atoms with van der Waals surface area (Å²) in [5.41, 5.74) is 1.17. The summed E-state index contributed by atoms with van der Waals surface area (Å²) in [5.74, 6) is 0.874. The quantitative estimate of drug-likeness (QED) is 0.504. The Bertz CT molecular complexity index is 595. The van der Waals surface area contributed by atoms with Gasteiger partial charge in [-0.25, -0.2) is 4.98 Å². The van der Waals surface area contributed by atoms with E-state index in [1.54, 1.807) is 18.3 Å². The van der Waals surface area contributed by atoms with Crippen LogP contribution >= 0.6 is 11.6 Å². The number of imidazole rings is 1. The molecular formula is C13H15ClN4O2. The van der Waals surface area contributed by atoms with Crippen LogP contribution in [0.4, 0.5) is 5.69 Å². The maximum atomic E-state index is 10.5. The highest BCUT2D eigenvalue weighted by Gasteiger charge is 2.05. The summed E-state index contributed by atoms with van der Waals surface area (Å²) in [7, 11) is 1.86. The Labute approximate surface area is 121 Å². The van der Waals surface area contributed by atoms with Gasteiger partial charge in [0.25, 0.3) is 5.69 Å². The molecule has 0 aliphatic heterocycles. The molecule has 0 unspecified atom stereocenters. The minimum Gasteiger partial charge on any atom is -0.321 e. The Hall–Kier alpha value is -1.92. The van der Waals surface area contributed by atoms with Gasteiger partial charge in [0, 0.05) is 19.2 Å². The molecule has 6 nitrogen and oxygen atoms in total. The van der Waals surface area contributed by atoms with Crippen molar-refractivity contribution in [1.29, 1.82) is 0 Å². The lowest BCUT2D eigenvalue weighted by Gasteiger charge is -2.05. The Kier molecular flexibility index (Phi) is 4.70. The Morgan fingerprint density at radius 2 is 2.10 bits per heavy atom. The van der Waals surface area contributed by atoms with Gasteiger partial charge in [-0.1, -0.05) is 23.7 Å². The predicted octanol–water partition coefficient (Wildman–Crippen LogP) is 2.31. The summed E-state index contributed by atoms with van der Waals surface area (Å²) in [6.07, 6.45) is 2.42. The fourth-order valence-corrected chi connectivity index (χ4v) is 1.95.